The molecule has 0 aromatic rings. The Bertz CT molecular complexity index is 1100. The number of rotatable bonds is 23. The van der Waals surface area contributed by atoms with Crippen LogP contribution in [0.5, 0.6) is 0 Å². The van der Waals surface area contributed by atoms with Crippen molar-refractivity contribution in [2.24, 2.45) is 35.1 Å². The first-order valence-electron chi connectivity index (χ1n) is 20.4. The Balaban J connectivity index is 0.00000370. The van der Waals surface area contributed by atoms with Crippen molar-refractivity contribution in [2.75, 3.05) is 46.2 Å². The number of hydrogen-bond acceptors (Lipinski definition) is 15. The molecule has 0 spiro atoms. The Labute approximate surface area is 344 Å². The second kappa shape index (κ2) is 32.3. The van der Waals surface area contributed by atoms with Crippen molar-refractivity contribution in [2.45, 2.75) is 150 Å². The lowest BCUT2D eigenvalue weighted by molar-refractivity contribution is -0.231. The summed E-state index contributed by atoms with van der Waals surface area (Å²) in [4.78, 5) is 64.7. The molecule has 0 saturated carbocycles. The molecular weight excluding hydrogens is 762 g/mol. The van der Waals surface area contributed by atoms with Gasteiger partial charge in [-0.2, -0.15) is 0 Å². The Kier molecular flexibility index (Phi) is 30.3. The van der Waals surface area contributed by atoms with Gasteiger partial charge in [0.15, 0.2) is 12.6 Å². The van der Waals surface area contributed by atoms with Crippen LogP contribution in [0.15, 0.2) is 0 Å². The van der Waals surface area contributed by atoms with Crippen LogP contribution >= 0.6 is 0 Å². The number of amides is 3. The summed E-state index contributed by atoms with van der Waals surface area (Å²) in [6.07, 6.45) is 4.61. The third-order valence-electron chi connectivity index (χ3n) is 9.47. The maximum Gasteiger partial charge on any atom is 0.407 e. The minimum absolute atomic E-state index is 0.178. The summed E-state index contributed by atoms with van der Waals surface area (Å²) in [5, 5.41) is 12.7. The molecule has 338 valence electrons. The first kappa shape index (κ1) is 54.4. The van der Waals surface area contributed by atoms with Crippen molar-refractivity contribution in [3.8, 4) is 0 Å². The smallest absolute Gasteiger partial charge is 0.407 e. The van der Waals surface area contributed by atoms with Gasteiger partial charge in [-0.1, -0.05) is 40.5 Å². The Hall–Kier alpha value is -3.58. The number of primary amides is 2. The van der Waals surface area contributed by atoms with Crippen LogP contribution in [0.3, 0.4) is 0 Å². The zero-order valence-corrected chi connectivity index (χ0v) is 36.0. The lowest BCUT2D eigenvalue weighted by Crippen LogP contribution is -2.42. The van der Waals surface area contributed by atoms with Gasteiger partial charge in [-0.3, -0.25) is 24.0 Å². The van der Waals surface area contributed by atoms with Crippen LogP contribution in [-0.4, -0.2) is 118 Å². The number of esters is 3. The van der Waals surface area contributed by atoms with Gasteiger partial charge in [0.25, 0.3) is 0 Å². The number of hydrogen-bond donors (Lipinski definition) is 4. The van der Waals surface area contributed by atoms with E-state index in [1.54, 1.807) is 0 Å². The number of carbonyl (C=O) groups excluding carboxylic acids is 6. The minimum Gasteiger partial charge on any atom is -0.463 e. The summed E-state index contributed by atoms with van der Waals surface area (Å²) in [5.74, 6) is -0.405. The summed E-state index contributed by atoms with van der Waals surface area (Å²) in [7, 11) is 0. The maximum absolute atomic E-state index is 12.0. The molecule has 1 unspecified atom stereocenters. The van der Waals surface area contributed by atoms with Crippen LogP contribution in [0.25, 0.3) is 0 Å². The molecule has 2 fully saturated rings. The van der Waals surface area contributed by atoms with Crippen LogP contribution in [-0.2, 0) is 61.9 Å². The summed E-state index contributed by atoms with van der Waals surface area (Å²) in [6, 6.07) is 0. The Morgan fingerprint density at radius 2 is 1.05 bits per heavy atom. The topological polar surface area (TPSA) is 261 Å². The molecule has 3 amide bonds. The molecule has 2 rings (SSSR count). The molecule has 2 heterocycles. The fourth-order valence-electron chi connectivity index (χ4n) is 5.80. The summed E-state index contributed by atoms with van der Waals surface area (Å²) < 4.78 is 44.2. The van der Waals surface area contributed by atoms with Gasteiger partial charge >= 0.3 is 24.0 Å². The number of carbonyl (C=O) groups is 6. The second-order valence-corrected chi connectivity index (χ2v) is 15.0. The van der Waals surface area contributed by atoms with Gasteiger partial charge in [-0.15, -0.1) is 0 Å². The highest BCUT2D eigenvalue weighted by Crippen LogP contribution is 2.32. The van der Waals surface area contributed by atoms with Crippen molar-refractivity contribution in [1.29, 1.82) is 0 Å². The molecule has 18 nitrogen and oxygen atoms in total. The lowest BCUT2D eigenvalue weighted by atomic mass is 9.86. The van der Waals surface area contributed by atoms with Gasteiger partial charge < -0.3 is 59.8 Å². The van der Waals surface area contributed by atoms with Crippen LogP contribution in [0.1, 0.15) is 120 Å². The number of alkyl carbamates (subject to hydrolysis) is 1. The van der Waals surface area contributed by atoms with Gasteiger partial charge in [0.05, 0.1) is 12.2 Å². The van der Waals surface area contributed by atoms with Gasteiger partial charge in [0.1, 0.15) is 32.5 Å². The summed E-state index contributed by atoms with van der Waals surface area (Å²) in [6.45, 7) is 15.3. The quantitative estimate of drug-likeness (QED) is 0.0651. The fourth-order valence-corrected chi connectivity index (χ4v) is 5.80. The van der Waals surface area contributed by atoms with Crippen LogP contribution in [0.2, 0.25) is 0 Å². The van der Waals surface area contributed by atoms with E-state index in [-0.39, 0.29) is 93.2 Å². The molecule has 2 aliphatic heterocycles. The van der Waals surface area contributed by atoms with E-state index in [1.165, 1.54) is 27.7 Å². The van der Waals surface area contributed by atoms with Crippen molar-refractivity contribution < 1.29 is 71.8 Å². The molecule has 0 aliphatic carbocycles. The molecule has 18 heteroatoms. The predicted octanol–water partition coefficient (Wildman–Crippen LogP) is 3.65. The molecule has 0 aromatic heterocycles. The number of nitrogens with two attached hydrogens (primary N) is 2. The lowest BCUT2D eigenvalue weighted by Gasteiger charge is -2.38. The average Bonchev–Trinajstić information content (AvgIpc) is 3.13. The number of unbranched alkanes of at least 4 members (excludes halogenated alkanes) is 5. The van der Waals surface area contributed by atoms with Crippen molar-refractivity contribution in [3.63, 3.8) is 0 Å². The van der Waals surface area contributed by atoms with Crippen LogP contribution in [0, 0.1) is 23.7 Å². The minimum atomic E-state index is -1.11. The summed E-state index contributed by atoms with van der Waals surface area (Å²) >= 11 is 0. The van der Waals surface area contributed by atoms with E-state index in [0.29, 0.717) is 38.0 Å². The highest BCUT2D eigenvalue weighted by Gasteiger charge is 2.35. The Morgan fingerprint density at radius 1 is 0.638 bits per heavy atom. The SMILES string of the molecule is CC(=O)OC[C@H]1O[C@@H](OCCCCCCC(=O)OCC(O)COC(=O)NCCCCCO[C@H]2C[C@@H](C)[C@@H](C)[C@@H](COC(C)=O)O2)C[C@@H](C)[C@H]1C.CC(N)=O.CC(N)=O. The molecule has 0 aromatic carbocycles. The van der Waals surface area contributed by atoms with Gasteiger partial charge in [0.2, 0.25) is 11.8 Å². The molecule has 0 radical (unpaired) electrons. The first-order chi connectivity index (χ1) is 27.3. The third kappa shape index (κ3) is 29.6. The average molecular weight is 836 g/mol. The van der Waals surface area contributed by atoms with Crippen molar-refractivity contribution in [1.82, 2.24) is 5.32 Å². The highest BCUT2D eigenvalue weighted by molar-refractivity contribution is 5.70. The zero-order chi connectivity index (χ0) is 44.0. The van der Waals surface area contributed by atoms with Crippen LogP contribution in [0.4, 0.5) is 4.79 Å². The number of nitrogens with one attached hydrogen (secondary N) is 1. The molecule has 2 saturated heterocycles. The second-order valence-electron chi connectivity index (χ2n) is 15.0. The molecule has 2 aliphatic rings. The molecular formula is C40H73N3O15. The molecule has 9 atom stereocenters. The highest BCUT2D eigenvalue weighted by atomic mass is 16.7. The van der Waals surface area contributed by atoms with E-state index in [1.807, 2.05) is 0 Å². The number of ether oxygens (including phenoxy) is 8. The zero-order valence-electron chi connectivity index (χ0n) is 36.0. The van der Waals surface area contributed by atoms with Gasteiger partial charge in [-0.05, 0) is 55.8 Å². The van der Waals surface area contributed by atoms with E-state index in [0.717, 1.165) is 51.4 Å². The normalized spacial score (nSPS) is 24.3. The van der Waals surface area contributed by atoms with Crippen molar-refractivity contribution in [3.05, 3.63) is 0 Å². The van der Waals surface area contributed by atoms with Crippen LogP contribution < -0.4 is 16.8 Å². The van der Waals surface area contributed by atoms with E-state index in [4.69, 9.17) is 37.9 Å². The largest absolute Gasteiger partial charge is 0.463 e. The van der Waals surface area contributed by atoms with E-state index >= 15 is 0 Å². The molecule has 58 heavy (non-hydrogen) atoms. The van der Waals surface area contributed by atoms with Crippen molar-refractivity contribution >= 4 is 35.8 Å². The van der Waals surface area contributed by atoms with Gasteiger partial charge in [-0.25, -0.2) is 4.79 Å². The third-order valence-corrected chi connectivity index (χ3v) is 9.47. The molecule has 6 N–H and O–H groups in total. The van der Waals surface area contributed by atoms with E-state index in [2.05, 4.69) is 44.5 Å². The van der Waals surface area contributed by atoms with E-state index in [9.17, 15) is 33.9 Å². The predicted molar refractivity (Wildman–Crippen MR) is 211 cm³/mol. The number of aliphatic hydroxyl groups excluding tert-OH is 1. The number of aliphatic hydroxyl groups is 1. The standard InChI is InChI=1S/C36H63NO13.2C2H5NO/c1-24-18-34(49-31(26(24)3)22-45-28(5)38)43-16-12-8-7-10-14-33(41)47-20-30(40)21-48-36(42)37-15-11-9-13-17-44-35-19-25(2)27(4)32(50-35)23-46-29(6)39;2*1-2(3)4/h24-27,30-32,34-35,40H,7-23H2,1-6H3,(H,37,42);2*1H3,(H2,3,4)/t24-,25-,26-,27-,30?,31-,32-,34-,35-;;/m1../s1. The monoisotopic (exact) mass is 836 g/mol. The summed E-state index contributed by atoms with van der Waals surface area (Å²) in [5.41, 5.74) is 8.94. The van der Waals surface area contributed by atoms with E-state index < -0.39 is 18.2 Å². The first-order valence-corrected chi connectivity index (χ1v) is 20.4. The fraction of sp³-hybridized carbons (Fsp3) is 0.850. The van der Waals surface area contributed by atoms with Gasteiger partial charge in [0, 0.05) is 66.7 Å². The maximum atomic E-state index is 12.0. The molecule has 0 bridgehead atoms. The Morgan fingerprint density at radius 3 is 1.50 bits per heavy atom.